The Bertz CT molecular complexity index is 269. The van der Waals surface area contributed by atoms with Gasteiger partial charge < -0.3 is 10.0 Å². The fourth-order valence-electron chi connectivity index (χ4n) is 1.88. The van der Waals surface area contributed by atoms with Crippen molar-refractivity contribution >= 4 is 11.9 Å². The van der Waals surface area contributed by atoms with Gasteiger partial charge in [0.25, 0.3) is 0 Å². The van der Waals surface area contributed by atoms with E-state index >= 15 is 0 Å². The van der Waals surface area contributed by atoms with Crippen LogP contribution < -0.4 is 0 Å². The summed E-state index contributed by atoms with van der Waals surface area (Å²) in [5, 5.41) is 8.72. The fourth-order valence-corrected chi connectivity index (χ4v) is 1.88. The van der Waals surface area contributed by atoms with Crippen molar-refractivity contribution in [2.24, 2.45) is 0 Å². The Morgan fingerprint density at radius 1 is 1.06 bits per heavy atom. The molecule has 0 aromatic heterocycles. The van der Waals surface area contributed by atoms with E-state index in [1.165, 1.54) is 0 Å². The average Bonchev–Trinajstić information content (AvgIpc) is 2.22. The molecule has 0 rings (SSSR count). The zero-order chi connectivity index (χ0) is 14.2. The number of nitrogens with zero attached hydrogens (tertiary/aromatic N) is 1. The van der Waals surface area contributed by atoms with Crippen molar-refractivity contribution in [3.63, 3.8) is 0 Å². The first kappa shape index (κ1) is 16.9. The second-order valence-corrected chi connectivity index (χ2v) is 5.67. The van der Waals surface area contributed by atoms with Gasteiger partial charge in [0.1, 0.15) is 0 Å². The van der Waals surface area contributed by atoms with Crippen LogP contribution in [0, 0.1) is 0 Å². The van der Waals surface area contributed by atoms with Gasteiger partial charge in [-0.15, -0.1) is 0 Å². The summed E-state index contributed by atoms with van der Waals surface area (Å²) in [6, 6.07) is 0. The second-order valence-electron chi connectivity index (χ2n) is 5.67. The summed E-state index contributed by atoms with van der Waals surface area (Å²) in [7, 11) is 0. The Kier molecular flexibility index (Phi) is 7.64. The summed E-state index contributed by atoms with van der Waals surface area (Å²) in [5.41, 5.74) is -0.308. The summed E-state index contributed by atoms with van der Waals surface area (Å²) < 4.78 is 0. The molecule has 0 aliphatic heterocycles. The third-order valence-corrected chi connectivity index (χ3v) is 2.90. The highest BCUT2D eigenvalue weighted by Gasteiger charge is 2.26. The Morgan fingerprint density at radius 3 is 2.11 bits per heavy atom. The molecule has 0 bridgehead atoms. The van der Waals surface area contributed by atoms with Gasteiger partial charge in [-0.1, -0.05) is 26.2 Å². The summed E-state index contributed by atoms with van der Waals surface area (Å²) in [6.07, 6.45) is 4.80. The Hall–Kier alpha value is -1.06. The number of hydrogen-bond donors (Lipinski definition) is 1. The summed E-state index contributed by atoms with van der Waals surface area (Å²) in [5.74, 6) is -0.789. The minimum Gasteiger partial charge on any atom is -0.481 e. The van der Waals surface area contributed by atoms with E-state index in [0.717, 1.165) is 25.7 Å². The van der Waals surface area contributed by atoms with Crippen molar-refractivity contribution in [3.05, 3.63) is 0 Å². The lowest BCUT2D eigenvalue weighted by Crippen LogP contribution is -2.46. The minimum absolute atomic E-state index is 0.0119. The quantitative estimate of drug-likeness (QED) is 0.680. The van der Waals surface area contributed by atoms with Crippen LogP contribution in [0.3, 0.4) is 0 Å². The van der Waals surface area contributed by atoms with E-state index in [9.17, 15) is 9.59 Å². The summed E-state index contributed by atoms with van der Waals surface area (Å²) >= 11 is 0. The van der Waals surface area contributed by atoms with E-state index in [4.69, 9.17) is 5.11 Å². The molecule has 0 saturated heterocycles. The molecule has 0 aliphatic rings. The van der Waals surface area contributed by atoms with E-state index in [1.54, 1.807) is 4.90 Å². The molecule has 106 valence electrons. The molecule has 0 heterocycles. The third-order valence-electron chi connectivity index (χ3n) is 2.90. The first-order valence-corrected chi connectivity index (χ1v) is 6.81. The van der Waals surface area contributed by atoms with Crippen molar-refractivity contribution in [1.82, 2.24) is 4.90 Å². The largest absolute Gasteiger partial charge is 0.481 e. The number of carbonyl (C=O) groups excluding carboxylic acids is 1. The molecule has 1 amide bonds. The van der Waals surface area contributed by atoms with E-state index in [1.807, 2.05) is 20.8 Å². The monoisotopic (exact) mass is 257 g/mol. The van der Waals surface area contributed by atoms with Gasteiger partial charge in [-0.2, -0.15) is 0 Å². The van der Waals surface area contributed by atoms with E-state index in [0.29, 0.717) is 13.0 Å². The van der Waals surface area contributed by atoms with Gasteiger partial charge in [0.2, 0.25) is 5.91 Å². The molecule has 1 N–H and O–H groups in total. The predicted octanol–water partition coefficient (Wildman–Crippen LogP) is 3.06. The molecule has 4 nitrogen and oxygen atoms in total. The van der Waals surface area contributed by atoms with E-state index in [2.05, 4.69) is 6.92 Å². The third kappa shape index (κ3) is 7.30. The number of aliphatic carboxylic acids is 1. The van der Waals surface area contributed by atoms with Crippen LogP contribution in [0.1, 0.15) is 66.2 Å². The van der Waals surface area contributed by atoms with Crippen LogP contribution in [-0.4, -0.2) is 34.0 Å². The van der Waals surface area contributed by atoms with Crippen LogP contribution in [0.2, 0.25) is 0 Å². The highest BCUT2D eigenvalue weighted by atomic mass is 16.4. The Labute approximate surface area is 110 Å². The van der Waals surface area contributed by atoms with Gasteiger partial charge in [-0.3, -0.25) is 9.59 Å². The van der Waals surface area contributed by atoms with Crippen molar-refractivity contribution < 1.29 is 14.7 Å². The van der Waals surface area contributed by atoms with E-state index < -0.39 is 5.97 Å². The highest BCUT2D eigenvalue weighted by molar-refractivity contribution is 5.77. The Morgan fingerprint density at radius 2 is 1.67 bits per heavy atom. The lowest BCUT2D eigenvalue weighted by molar-refractivity contribution is -0.140. The van der Waals surface area contributed by atoms with Gasteiger partial charge >= 0.3 is 5.97 Å². The van der Waals surface area contributed by atoms with Crippen LogP contribution in [0.15, 0.2) is 0 Å². The van der Waals surface area contributed by atoms with Gasteiger partial charge in [0.15, 0.2) is 0 Å². The molecule has 0 radical (unpaired) electrons. The molecular formula is C14H27NO3. The van der Waals surface area contributed by atoms with Crippen LogP contribution in [0.5, 0.6) is 0 Å². The molecule has 4 heteroatoms. The highest BCUT2D eigenvalue weighted by Crippen LogP contribution is 2.16. The second kappa shape index (κ2) is 8.11. The molecule has 0 aromatic carbocycles. The normalized spacial score (nSPS) is 11.3. The van der Waals surface area contributed by atoms with Crippen molar-refractivity contribution in [3.8, 4) is 0 Å². The number of carboxylic acids is 1. The molecule has 18 heavy (non-hydrogen) atoms. The number of rotatable bonds is 8. The van der Waals surface area contributed by atoms with Gasteiger partial charge in [0, 0.05) is 18.5 Å². The van der Waals surface area contributed by atoms with Crippen molar-refractivity contribution in [2.45, 2.75) is 71.8 Å². The molecule has 0 saturated carbocycles. The van der Waals surface area contributed by atoms with Crippen LogP contribution in [0.25, 0.3) is 0 Å². The van der Waals surface area contributed by atoms with Gasteiger partial charge in [0.05, 0.1) is 6.42 Å². The molecule has 0 atom stereocenters. The van der Waals surface area contributed by atoms with Crippen LogP contribution >= 0.6 is 0 Å². The minimum atomic E-state index is -0.858. The lowest BCUT2D eigenvalue weighted by Gasteiger charge is -2.35. The molecular weight excluding hydrogens is 230 g/mol. The maximum atomic E-state index is 12.1. The zero-order valence-corrected chi connectivity index (χ0v) is 12.2. The van der Waals surface area contributed by atoms with Gasteiger partial charge in [-0.05, 0) is 27.2 Å². The van der Waals surface area contributed by atoms with Crippen LogP contribution in [-0.2, 0) is 9.59 Å². The molecule has 0 aromatic rings. The molecule has 0 spiro atoms. The molecule has 0 fully saturated rings. The number of unbranched alkanes of at least 4 members (excludes halogenated alkanes) is 3. The SMILES string of the molecule is CCCCCCC(=O)N(CCC(=O)O)C(C)(C)C. The average molecular weight is 257 g/mol. The Balaban J connectivity index is 4.28. The fraction of sp³-hybridized carbons (Fsp3) is 0.857. The van der Waals surface area contributed by atoms with E-state index in [-0.39, 0.29) is 17.9 Å². The molecule has 0 aliphatic carbocycles. The van der Waals surface area contributed by atoms with Crippen molar-refractivity contribution in [1.29, 1.82) is 0 Å². The standard InChI is InChI=1S/C14H27NO3/c1-5-6-7-8-9-12(16)15(14(2,3)4)11-10-13(17)18/h5-11H2,1-4H3,(H,17,18). The van der Waals surface area contributed by atoms with Crippen LogP contribution in [0.4, 0.5) is 0 Å². The topological polar surface area (TPSA) is 57.6 Å². The maximum Gasteiger partial charge on any atom is 0.305 e. The number of amides is 1. The number of hydrogen-bond acceptors (Lipinski definition) is 2. The smallest absolute Gasteiger partial charge is 0.305 e. The maximum absolute atomic E-state index is 12.1. The summed E-state index contributed by atoms with van der Waals surface area (Å²) in [6.45, 7) is 8.26. The lowest BCUT2D eigenvalue weighted by atomic mass is 10.0. The summed E-state index contributed by atoms with van der Waals surface area (Å²) in [4.78, 5) is 24.4. The first-order valence-electron chi connectivity index (χ1n) is 6.81. The zero-order valence-electron chi connectivity index (χ0n) is 12.2. The van der Waals surface area contributed by atoms with Gasteiger partial charge in [-0.25, -0.2) is 0 Å². The first-order chi connectivity index (χ1) is 8.29. The van der Waals surface area contributed by atoms with Crippen molar-refractivity contribution in [2.75, 3.05) is 6.54 Å². The number of carboxylic acid groups (broad SMARTS) is 1. The molecule has 0 unspecified atom stereocenters. The predicted molar refractivity (Wildman–Crippen MR) is 72.5 cm³/mol. The number of carbonyl (C=O) groups is 2.